The number of fused-ring (bicyclic) bond motifs is 1. The lowest BCUT2D eigenvalue weighted by Gasteiger charge is -2.31. The molecule has 0 atom stereocenters. The number of benzene rings is 2. The highest BCUT2D eigenvalue weighted by Crippen LogP contribution is 2.34. The molecule has 1 aliphatic heterocycles. The highest BCUT2D eigenvalue weighted by molar-refractivity contribution is 5.85. The smallest absolute Gasteiger partial charge is 0.124 e. The summed E-state index contributed by atoms with van der Waals surface area (Å²) >= 11 is 0. The maximum atomic E-state index is 5.55. The van der Waals surface area contributed by atoms with E-state index in [1.165, 1.54) is 0 Å². The SMILES string of the molecule is COc1cc(OC)cc(N(CCN2CCOCC2)c2ccc3ncc(-c4cnn(C)c4)nc3c2)c1.Cl. The fourth-order valence-electron chi connectivity index (χ4n) is 4.28. The lowest BCUT2D eigenvalue weighted by molar-refractivity contribution is 0.0394. The van der Waals surface area contributed by atoms with Gasteiger partial charge in [0.15, 0.2) is 0 Å². The highest BCUT2D eigenvalue weighted by atomic mass is 35.5. The van der Waals surface area contributed by atoms with Crippen molar-refractivity contribution in [1.82, 2.24) is 24.6 Å². The summed E-state index contributed by atoms with van der Waals surface area (Å²) in [6.45, 7) is 5.12. The van der Waals surface area contributed by atoms with Crippen LogP contribution in [0.1, 0.15) is 0 Å². The van der Waals surface area contributed by atoms with Crippen molar-refractivity contribution in [3.05, 3.63) is 55.0 Å². The molecule has 9 nitrogen and oxygen atoms in total. The van der Waals surface area contributed by atoms with E-state index in [-0.39, 0.29) is 12.4 Å². The number of rotatable bonds is 8. The zero-order chi connectivity index (χ0) is 24.2. The molecule has 36 heavy (non-hydrogen) atoms. The van der Waals surface area contributed by atoms with Crippen LogP contribution in [-0.4, -0.2) is 78.3 Å². The van der Waals surface area contributed by atoms with E-state index in [1.54, 1.807) is 31.3 Å². The van der Waals surface area contributed by atoms with Crippen LogP contribution >= 0.6 is 12.4 Å². The Morgan fingerprint density at radius 3 is 2.36 bits per heavy atom. The van der Waals surface area contributed by atoms with Crippen molar-refractivity contribution in [2.75, 3.05) is 58.5 Å². The number of methoxy groups -OCH3 is 2. The molecule has 10 heteroatoms. The standard InChI is InChI=1S/C26H30N6O3.ClH/c1-30-18-19(16-28-30)26-17-27-24-5-4-20(14-25(24)29-26)32(7-6-31-8-10-35-11-9-31)21-12-22(33-2)15-23(13-21)34-3;/h4-5,12-18H,6-11H2,1-3H3;1H. The molecule has 3 heterocycles. The number of aromatic nitrogens is 4. The van der Waals surface area contributed by atoms with Crippen molar-refractivity contribution in [1.29, 1.82) is 0 Å². The summed E-state index contributed by atoms with van der Waals surface area (Å²) in [7, 11) is 5.23. The van der Waals surface area contributed by atoms with E-state index in [0.717, 1.165) is 84.6 Å². The van der Waals surface area contributed by atoms with Crippen LogP contribution < -0.4 is 14.4 Å². The fourth-order valence-corrected chi connectivity index (χ4v) is 4.28. The number of hydrogen-bond acceptors (Lipinski definition) is 8. The average Bonchev–Trinajstić information content (AvgIpc) is 3.35. The second-order valence-electron chi connectivity index (χ2n) is 8.51. The van der Waals surface area contributed by atoms with Gasteiger partial charge in [-0.15, -0.1) is 12.4 Å². The van der Waals surface area contributed by atoms with Crippen molar-refractivity contribution in [2.45, 2.75) is 0 Å². The summed E-state index contributed by atoms with van der Waals surface area (Å²) in [4.78, 5) is 14.2. The molecule has 0 saturated carbocycles. The van der Waals surface area contributed by atoms with Crippen LogP contribution in [0, 0.1) is 0 Å². The molecule has 2 aromatic heterocycles. The average molecular weight is 511 g/mol. The number of anilines is 2. The molecule has 2 aromatic carbocycles. The van der Waals surface area contributed by atoms with Crippen molar-refractivity contribution in [2.24, 2.45) is 7.05 Å². The zero-order valence-corrected chi connectivity index (χ0v) is 21.6. The molecule has 5 rings (SSSR count). The largest absolute Gasteiger partial charge is 0.497 e. The molecule has 1 fully saturated rings. The van der Waals surface area contributed by atoms with Gasteiger partial charge in [-0.3, -0.25) is 14.6 Å². The van der Waals surface area contributed by atoms with Crippen molar-refractivity contribution in [3.63, 3.8) is 0 Å². The number of halogens is 1. The topological polar surface area (TPSA) is 77.8 Å². The molecule has 4 aromatic rings. The molecule has 0 amide bonds. The van der Waals surface area contributed by atoms with Crippen LogP contribution in [0.25, 0.3) is 22.3 Å². The lowest BCUT2D eigenvalue weighted by Crippen LogP contribution is -2.40. The molecule has 0 N–H and O–H groups in total. The molecular weight excluding hydrogens is 480 g/mol. The van der Waals surface area contributed by atoms with Crippen LogP contribution in [0.15, 0.2) is 55.0 Å². The zero-order valence-electron chi connectivity index (χ0n) is 20.8. The van der Waals surface area contributed by atoms with E-state index in [1.807, 2.05) is 37.5 Å². The first-order valence-corrected chi connectivity index (χ1v) is 11.7. The van der Waals surface area contributed by atoms with Crippen LogP contribution in [0.5, 0.6) is 11.5 Å². The minimum Gasteiger partial charge on any atom is -0.497 e. The molecule has 0 unspecified atom stereocenters. The van der Waals surface area contributed by atoms with Gasteiger partial charge in [0.1, 0.15) is 11.5 Å². The van der Waals surface area contributed by atoms with Crippen LogP contribution in [0.3, 0.4) is 0 Å². The summed E-state index contributed by atoms with van der Waals surface area (Å²) in [5.74, 6) is 1.49. The van der Waals surface area contributed by atoms with Gasteiger partial charge in [0, 0.05) is 74.6 Å². The first kappa shape index (κ1) is 25.7. The van der Waals surface area contributed by atoms with E-state index in [4.69, 9.17) is 19.2 Å². The molecule has 0 radical (unpaired) electrons. The summed E-state index contributed by atoms with van der Waals surface area (Å²) < 4.78 is 18.4. The number of morpholine rings is 1. The Morgan fingerprint density at radius 1 is 0.944 bits per heavy atom. The molecule has 0 aliphatic carbocycles. The molecular formula is C26H31ClN6O3. The first-order valence-electron chi connectivity index (χ1n) is 11.7. The van der Waals surface area contributed by atoms with Gasteiger partial charge in [0.05, 0.1) is 56.6 Å². The highest BCUT2D eigenvalue weighted by Gasteiger charge is 2.17. The van der Waals surface area contributed by atoms with Gasteiger partial charge in [-0.05, 0) is 18.2 Å². The summed E-state index contributed by atoms with van der Waals surface area (Å²) in [6.07, 6.45) is 5.54. The van der Waals surface area contributed by atoms with Crippen molar-refractivity contribution < 1.29 is 14.2 Å². The summed E-state index contributed by atoms with van der Waals surface area (Å²) in [5, 5.41) is 4.26. The monoisotopic (exact) mass is 510 g/mol. The third-order valence-electron chi connectivity index (χ3n) is 6.23. The summed E-state index contributed by atoms with van der Waals surface area (Å²) in [5.41, 5.74) is 5.43. The number of hydrogen-bond donors (Lipinski definition) is 0. The predicted molar refractivity (Wildman–Crippen MR) is 143 cm³/mol. The van der Waals surface area contributed by atoms with Crippen molar-refractivity contribution >= 4 is 34.8 Å². The van der Waals surface area contributed by atoms with Gasteiger partial charge in [0.2, 0.25) is 0 Å². The minimum atomic E-state index is 0. The number of nitrogens with zero attached hydrogens (tertiary/aromatic N) is 6. The van der Waals surface area contributed by atoms with E-state index in [0.29, 0.717) is 0 Å². The Morgan fingerprint density at radius 2 is 1.69 bits per heavy atom. The Bertz CT molecular complexity index is 1290. The fraction of sp³-hybridized carbons (Fsp3) is 0.346. The maximum Gasteiger partial charge on any atom is 0.124 e. The Labute approximate surface area is 217 Å². The van der Waals surface area contributed by atoms with Gasteiger partial charge < -0.3 is 19.1 Å². The summed E-state index contributed by atoms with van der Waals surface area (Å²) in [6, 6.07) is 12.1. The molecule has 190 valence electrons. The molecule has 0 spiro atoms. The van der Waals surface area contributed by atoms with E-state index in [2.05, 4.69) is 32.0 Å². The van der Waals surface area contributed by atoms with Crippen molar-refractivity contribution in [3.8, 4) is 22.8 Å². The second-order valence-corrected chi connectivity index (χ2v) is 8.51. The minimum absolute atomic E-state index is 0. The van der Waals surface area contributed by atoms with Crippen LogP contribution in [-0.2, 0) is 11.8 Å². The third kappa shape index (κ3) is 5.70. The van der Waals surface area contributed by atoms with Gasteiger partial charge in [0.25, 0.3) is 0 Å². The van der Waals surface area contributed by atoms with E-state index >= 15 is 0 Å². The first-order chi connectivity index (χ1) is 17.1. The predicted octanol–water partition coefficient (Wildman–Crippen LogP) is 3.94. The molecule has 1 aliphatic rings. The Balaban J connectivity index is 0.00000304. The normalized spacial score (nSPS) is 13.9. The quantitative estimate of drug-likeness (QED) is 0.353. The maximum absolute atomic E-state index is 5.55. The molecule has 1 saturated heterocycles. The van der Waals surface area contributed by atoms with Crippen LogP contribution in [0.4, 0.5) is 11.4 Å². The molecule has 0 bridgehead atoms. The van der Waals surface area contributed by atoms with Gasteiger partial charge >= 0.3 is 0 Å². The number of aryl methyl sites for hydroxylation is 1. The van der Waals surface area contributed by atoms with E-state index in [9.17, 15) is 0 Å². The van der Waals surface area contributed by atoms with E-state index < -0.39 is 0 Å². The number of ether oxygens (including phenoxy) is 3. The lowest BCUT2D eigenvalue weighted by atomic mass is 10.2. The van der Waals surface area contributed by atoms with Gasteiger partial charge in [-0.2, -0.15) is 5.10 Å². The van der Waals surface area contributed by atoms with Gasteiger partial charge in [-0.1, -0.05) is 0 Å². The van der Waals surface area contributed by atoms with Crippen LogP contribution in [0.2, 0.25) is 0 Å². The van der Waals surface area contributed by atoms with Gasteiger partial charge in [-0.25, -0.2) is 4.98 Å². The third-order valence-corrected chi connectivity index (χ3v) is 6.23. The second kappa shape index (κ2) is 11.6. The Kier molecular flexibility index (Phi) is 8.25. The Hall–Kier alpha value is -3.40.